The molecule has 2 unspecified atom stereocenters. The molecule has 0 bridgehead atoms. The Kier molecular flexibility index (Phi) is 0.440. The van der Waals surface area contributed by atoms with Gasteiger partial charge in [0.1, 0.15) is 6.17 Å². The van der Waals surface area contributed by atoms with Crippen LogP contribution in [0.5, 0.6) is 0 Å². The van der Waals surface area contributed by atoms with Gasteiger partial charge >= 0.3 is 0 Å². The molecule has 5 heavy (non-hydrogen) atoms. The van der Waals surface area contributed by atoms with Crippen molar-refractivity contribution in [2.24, 2.45) is 5.92 Å². The maximum absolute atomic E-state index is 11.4. The standard InChI is InChI=1S/C4H5F/c1-3-2-4(3)5/h3-4H,1H3. The van der Waals surface area contributed by atoms with Gasteiger partial charge in [0, 0.05) is 6.42 Å². The number of alkyl halides is 1. The molecule has 1 aliphatic rings. The van der Waals surface area contributed by atoms with Crippen LogP contribution in [-0.2, 0) is 0 Å². The molecule has 0 aliphatic heterocycles. The molecule has 2 radical (unpaired) electrons. The van der Waals surface area contributed by atoms with E-state index in [0.717, 1.165) is 0 Å². The van der Waals surface area contributed by atoms with E-state index in [1.54, 1.807) is 0 Å². The zero-order valence-corrected chi connectivity index (χ0v) is 3.03. The Morgan fingerprint density at radius 1 is 1.80 bits per heavy atom. The highest BCUT2D eigenvalue weighted by Gasteiger charge is 2.33. The summed E-state index contributed by atoms with van der Waals surface area (Å²) in [7, 11) is 0. The Bertz CT molecular complexity index is 36.9. The van der Waals surface area contributed by atoms with Crippen LogP contribution in [0.4, 0.5) is 4.39 Å². The van der Waals surface area contributed by atoms with E-state index in [9.17, 15) is 4.39 Å². The van der Waals surface area contributed by atoms with Gasteiger partial charge in [0.2, 0.25) is 0 Å². The normalized spacial score (nSPS) is 49.2. The molecule has 1 heteroatoms. The van der Waals surface area contributed by atoms with Crippen LogP contribution in [0.3, 0.4) is 0 Å². The van der Waals surface area contributed by atoms with Crippen LogP contribution in [0.25, 0.3) is 0 Å². The summed E-state index contributed by atoms with van der Waals surface area (Å²) in [5, 5.41) is 0. The highest BCUT2D eigenvalue weighted by atomic mass is 19.1. The van der Waals surface area contributed by atoms with E-state index in [4.69, 9.17) is 0 Å². The molecule has 0 aromatic carbocycles. The summed E-state index contributed by atoms with van der Waals surface area (Å²) in [5.74, 6) is 0.134. The van der Waals surface area contributed by atoms with Crippen LogP contribution >= 0.6 is 0 Å². The summed E-state index contributed by atoms with van der Waals surface area (Å²) in [6.07, 6.45) is 1.83. The minimum absolute atomic E-state index is 0.134. The molecule has 0 spiro atoms. The fraction of sp³-hybridized carbons (Fsp3) is 0.750. The molecular weight excluding hydrogens is 67.0 g/mol. The van der Waals surface area contributed by atoms with Crippen molar-refractivity contribution in [1.29, 1.82) is 0 Å². The van der Waals surface area contributed by atoms with E-state index in [2.05, 4.69) is 6.42 Å². The van der Waals surface area contributed by atoms with E-state index in [1.807, 2.05) is 6.92 Å². The van der Waals surface area contributed by atoms with Crippen molar-refractivity contribution >= 4 is 0 Å². The van der Waals surface area contributed by atoms with Gasteiger partial charge in [-0.25, -0.2) is 4.39 Å². The Morgan fingerprint density at radius 2 is 2.00 bits per heavy atom. The summed E-state index contributed by atoms with van der Waals surface area (Å²) in [6, 6.07) is 0. The smallest absolute Gasteiger partial charge is 0.111 e. The monoisotopic (exact) mass is 72.0 g/mol. The zero-order chi connectivity index (χ0) is 3.86. The Labute approximate surface area is 31.0 Å². The lowest BCUT2D eigenvalue weighted by Gasteiger charge is -1.63. The van der Waals surface area contributed by atoms with Crippen molar-refractivity contribution in [3.05, 3.63) is 6.42 Å². The Hall–Kier alpha value is -0.0700. The van der Waals surface area contributed by atoms with Crippen LogP contribution in [0.2, 0.25) is 0 Å². The first kappa shape index (κ1) is 3.13. The summed E-state index contributed by atoms with van der Waals surface area (Å²) >= 11 is 0. The van der Waals surface area contributed by atoms with Gasteiger partial charge in [-0.15, -0.1) is 0 Å². The summed E-state index contributed by atoms with van der Waals surface area (Å²) in [5.41, 5.74) is 0. The van der Waals surface area contributed by atoms with Gasteiger partial charge in [0.05, 0.1) is 0 Å². The average Bonchev–Trinajstić information content (AvgIpc) is 1.79. The lowest BCUT2D eigenvalue weighted by atomic mass is 10.5. The first-order chi connectivity index (χ1) is 2.30. The molecule has 0 heterocycles. The number of hydrogen-bond acceptors (Lipinski definition) is 0. The van der Waals surface area contributed by atoms with Gasteiger partial charge in [-0.05, 0) is 5.92 Å². The van der Waals surface area contributed by atoms with Crippen molar-refractivity contribution in [2.75, 3.05) is 0 Å². The average molecular weight is 72.1 g/mol. The van der Waals surface area contributed by atoms with Crippen LogP contribution in [-0.4, -0.2) is 6.17 Å². The van der Waals surface area contributed by atoms with E-state index in [1.165, 1.54) is 0 Å². The third kappa shape index (κ3) is 0.416. The molecular formula is C4H5F. The fourth-order valence-electron chi connectivity index (χ4n) is 0.196. The zero-order valence-electron chi connectivity index (χ0n) is 3.03. The van der Waals surface area contributed by atoms with E-state index >= 15 is 0 Å². The molecule has 0 N–H and O–H groups in total. The van der Waals surface area contributed by atoms with Gasteiger partial charge in [-0.3, -0.25) is 0 Å². The van der Waals surface area contributed by atoms with Gasteiger partial charge in [0.25, 0.3) is 0 Å². The molecule has 1 fully saturated rings. The van der Waals surface area contributed by atoms with E-state index < -0.39 is 6.17 Å². The van der Waals surface area contributed by atoms with Gasteiger partial charge in [0.15, 0.2) is 0 Å². The first-order valence-corrected chi connectivity index (χ1v) is 1.71. The molecule has 1 rings (SSSR count). The number of rotatable bonds is 0. The summed E-state index contributed by atoms with van der Waals surface area (Å²) in [4.78, 5) is 0. The predicted octanol–water partition coefficient (Wildman–Crippen LogP) is 1.06. The predicted molar refractivity (Wildman–Crippen MR) is 17.3 cm³/mol. The minimum Gasteiger partial charge on any atom is -0.246 e. The third-order valence-electron chi connectivity index (χ3n) is 0.752. The van der Waals surface area contributed by atoms with Gasteiger partial charge in [-0.1, -0.05) is 6.92 Å². The lowest BCUT2D eigenvalue weighted by Crippen LogP contribution is -1.63. The molecule has 0 nitrogen and oxygen atoms in total. The molecule has 0 amide bonds. The second-order valence-corrected chi connectivity index (χ2v) is 1.36. The molecule has 0 aromatic heterocycles. The minimum atomic E-state index is -0.699. The quantitative estimate of drug-likeness (QED) is 0.401. The SMILES string of the molecule is CC1[C]C1F. The Morgan fingerprint density at radius 3 is 2.00 bits per heavy atom. The molecule has 2 atom stereocenters. The molecule has 0 saturated heterocycles. The van der Waals surface area contributed by atoms with Crippen molar-refractivity contribution in [3.63, 3.8) is 0 Å². The topological polar surface area (TPSA) is 0 Å². The third-order valence-corrected chi connectivity index (χ3v) is 0.752. The highest BCUT2D eigenvalue weighted by Crippen LogP contribution is 2.30. The number of hydrogen-bond donors (Lipinski definition) is 0. The van der Waals surface area contributed by atoms with Crippen LogP contribution in [0, 0.1) is 12.3 Å². The van der Waals surface area contributed by atoms with Crippen molar-refractivity contribution in [2.45, 2.75) is 13.1 Å². The maximum atomic E-state index is 11.4. The second kappa shape index (κ2) is 0.703. The molecule has 1 aliphatic carbocycles. The van der Waals surface area contributed by atoms with Gasteiger partial charge in [-0.2, -0.15) is 0 Å². The highest BCUT2D eigenvalue weighted by molar-refractivity contribution is 5.03. The van der Waals surface area contributed by atoms with Crippen molar-refractivity contribution < 1.29 is 4.39 Å². The van der Waals surface area contributed by atoms with E-state index in [0.29, 0.717) is 0 Å². The first-order valence-electron chi connectivity index (χ1n) is 1.71. The molecule has 1 saturated carbocycles. The van der Waals surface area contributed by atoms with Crippen molar-refractivity contribution in [3.8, 4) is 0 Å². The van der Waals surface area contributed by atoms with Crippen LogP contribution < -0.4 is 0 Å². The molecule has 0 aromatic rings. The van der Waals surface area contributed by atoms with Crippen LogP contribution in [0.1, 0.15) is 6.92 Å². The van der Waals surface area contributed by atoms with Crippen molar-refractivity contribution in [1.82, 2.24) is 0 Å². The Balaban J connectivity index is 2.20. The summed E-state index contributed by atoms with van der Waals surface area (Å²) in [6.45, 7) is 1.81. The summed E-state index contributed by atoms with van der Waals surface area (Å²) < 4.78 is 11.4. The molecule has 28 valence electrons. The second-order valence-electron chi connectivity index (χ2n) is 1.36. The maximum Gasteiger partial charge on any atom is 0.111 e. The largest absolute Gasteiger partial charge is 0.246 e. The van der Waals surface area contributed by atoms with Crippen LogP contribution in [0.15, 0.2) is 0 Å². The number of halogens is 1. The fourth-order valence-corrected chi connectivity index (χ4v) is 0.196. The van der Waals surface area contributed by atoms with Gasteiger partial charge < -0.3 is 0 Å². The van der Waals surface area contributed by atoms with E-state index in [-0.39, 0.29) is 5.92 Å². The lowest BCUT2D eigenvalue weighted by molar-refractivity contribution is 0.461.